The normalized spacial score (nSPS) is 10.3. The van der Waals surface area contributed by atoms with Gasteiger partial charge < -0.3 is 19.5 Å². The number of carbonyl (C=O) groups is 1. The molecule has 2 rings (SSSR count). The van der Waals surface area contributed by atoms with E-state index in [-0.39, 0.29) is 11.5 Å². The zero-order chi connectivity index (χ0) is 11.5. The van der Waals surface area contributed by atoms with Gasteiger partial charge in [0.2, 0.25) is 0 Å². The lowest BCUT2D eigenvalue weighted by molar-refractivity contribution is 0.0596. The molecule has 2 heterocycles. The molecular formula is C10H11N3O3. The van der Waals surface area contributed by atoms with E-state index >= 15 is 0 Å². The number of methoxy groups -OCH3 is 1. The Morgan fingerprint density at radius 1 is 1.69 bits per heavy atom. The van der Waals surface area contributed by atoms with Crippen LogP contribution in [-0.2, 0) is 11.3 Å². The van der Waals surface area contributed by atoms with Crippen LogP contribution in [-0.4, -0.2) is 22.6 Å². The second-order valence-electron chi connectivity index (χ2n) is 3.23. The van der Waals surface area contributed by atoms with Gasteiger partial charge in [0.1, 0.15) is 5.82 Å². The molecule has 0 aromatic carbocycles. The van der Waals surface area contributed by atoms with Crippen LogP contribution in [0.4, 0.5) is 5.82 Å². The lowest BCUT2D eigenvalue weighted by atomic mass is 10.3. The molecule has 0 saturated heterocycles. The summed E-state index contributed by atoms with van der Waals surface area (Å²) in [7, 11) is 1.29. The maximum absolute atomic E-state index is 11.3. The summed E-state index contributed by atoms with van der Waals surface area (Å²) in [5.41, 5.74) is 6.84. The molecule has 84 valence electrons. The summed E-state index contributed by atoms with van der Waals surface area (Å²) in [5, 5.41) is 0. The molecule has 0 fully saturated rings. The van der Waals surface area contributed by atoms with Gasteiger partial charge in [0.05, 0.1) is 32.5 Å². The lowest BCUT2D eigenvalue weighted by Gasteiger charge is -2.02. The second kappa shape index (κ2) is 4.09. The number of esters is 1. The Balaban J connectivity index is 2.23. The number of nitrogen functional groups attached to an aromatic ring is 1. The molecule has 0 radical (unpaired) electrons. The predicted octanol–water partition coefficient (Wildman–Crippen LogP) is 0.893. The average Bonchev–Trinajstić information content (AvgIpc) is 2.90. The summed E-state index contributed by atoms with van der Waals surface area (Å²) in [6.07, 6.45) is 4.68. The molecule has 0 aliphatic carbocycles. The quantitative estimate of drug-likeness (QED) is 0.778. The van der Waals surface area contributed by atoms with Crippen LogP contribution in [0.5, 0.6) is 0 Å². The van der Waals surface area contributed by atoms with Crippen LogP contribution in [0, 0.1) is 0 Å². The fourth-order valence-corrected chi connectivity index (χ4v) is 1.35. The summed E-state index contributed by atoms with van der Waals surface area (Å²) in [4.78, 5) is 15.2. The highest BCUT2D eigenvalue weighted by atomic mass is 16.5. The van der Waals surface area contributed by atoms with Gasteiger partial charge in [0.25, 0.3) is 0 Å². The van der Waals surface area contributed by atoms with Gasteiger partial charge in [-0.15, -0.1) is 0 Å². The van der Waals surface area contributed by atoms with Crippen molar-refractivity contribution in [3.05, 3.63) is 36.2 Å². The average molecular weight is 221 g/mol. The lowest BCUT2D eigenvalue weighted by Crippen LogP contribution is -2.08. The van der Waals surface area contributed by atoms with Crippen molar-refractivity contribution in [2.75, 3.05) is 12.8 Å². The van der Waals surface area contributed by atoms with Crippen LogP contribution >= 0.6 is 0 Å². The molecular weight excluding hydrogens is 210 g/mol. The molecule has 6 nitrogen and oxygen atoms in total. The molecule has 0 amide bonds. The van der Waals surface area contributed by atoms with E-state index in [1.54, 1.807) is 17.1 Å². The third-order valence-electron chi connectivity index (χ3n) is 2.19. The van der Waals surface area contributed by atoms with Crippen LogP contribution in [0.1, 0.15) is 16.1 Å². The Kier molecular flexibility index (Phi) is 2.63. The van der Waals surface area contributed by atoms with Crippen molar-refractivity contribution >= 4 is 11.8 Å². The van der Waals surface area contributed by atoms with Crippen LogP contribution in [0.25, 0.3) is 0 Å². The van der Waals surface area contributed by atoms with Crippen molar-refractivity contribution < 1.29 is 13.9 Å². The maximum atomic E-state index is 11.3. The van der Waals surface area contributed by atoms with E-state index in [1.165, 1.54) is 13.4 Å². The molecule has 0 bridgehead atoms. The molecule has 0 unspecified atom stereocenters. The van der Waals surface area contributed by atoms with Gasteiger partial charge in [-0.05, 0) is 6.07 Å². The molecule has 2 aromatic heterocycles. The zero-order valence-corrected chi connectivity index (χ0v) is 8.71. The molecule has 16 heavy (non-hydrogen) atoms. The maximum Gasteiger partial charge on any atom is 0.360 e. The minimum Gasteiger partial charge on any atom is -0.472 e. The molecule has 0 aliphatic heterocycles. The monoisotopic (exact) mass is 221 g/mol. The summed E-state index contributed by atoms with van der Waals surface area (Å²) < 4.78 is 11.1. The fraction of sp³-hybridized carbons (Fsp3) is 0.200. The number of ether oxygens (including phenoxy) is 1. The van der Waals surface area contributed by atoms with Gasteiger partial charge in [-0.25, -0.2) is 9.78 Å². The Morgan fingerprint density at radius 2 is 2.50 bits per heavy atom. The number of hydrogen-bond donors (Lipinski definition) is 1. The van der Waals surface area contributed by atoms with Gasteiger partial charge in [-0.2, -0.15) is 0 Å². The molecule has 0 aliphatic rings. The van der Waals surface area contributed by atoms with E-state index < -0.39 is 5.97 Å². The first-order valence-corrected chi connectivity index (χ1v) is 4.62. The molecule has 2 N–H and O–H groups in total. The number of rotatable bonds is 3. The first-order chi connectivity index (χ1) is 7.72. The molecule has 0 spiro atoms. The van der Waals surface area contributed by atoms with E-state index in [9.17, 15) is 4.79 Å². The standard InChI is InChI=1S/C10H11N3O3/c1-15-10(14)8-9(11)13(6-12-8)4-7-2-3-16-5-7/h2-3,5-6H,4,11H2,1H3. The second-order valence-corrected chi connectivity index (χ2v) is 3.23. The van der Waals surface area contributed by atoms with Crippen molar-refractivity contribution in [1.29, 1.82) is 0 Å². The topological polar surface area (TPSA) is 83.3 Å². The van der Waals surface area contributed by atoms with Gasteiger partial charge >= 0.3 is 5.97 Å². The Labute approximate surface area is 91.6 Å². The van der Waals surface area contributed by atoms with Gasteiger partial charge in [0.15, 0.2) is 5.69 Å². The van der Waals surface area contributed by atoms with E-state index in [1.807, 2.05) is 6.07 Å². The van der Waals surface area contributed by atoms with E-state index in [4.69, 9.17) is 10.2 Å². The summed E-state index contributed by atoms with van der Waals surface area (Å²) in [5.74, 6) is -0.253. The van der Waals surface area contributed by atoms with Gasteiger partial charge in [-0.1, -0.05) is 0 Å². The molecule has 0 saturated carbocycles. The molecule has 0 atom stereocenters. The van der Waals surface area contributed by atoms with Gasteiger partial charge in [-0.3, -0.25) is 0 Å². The number of imidazole rings is 1. The summed E-state index contributed by atoms with van der Waals surface area (Å²) in [6.45, 7) is 0.506. The van der Waals surface area contributed by atoms with Crippen LogP contribution in [0.3, 0.4) is 0 Å². The van der Waals surface area contributed by atoms with Gasteiger partial charge in [0, 0.05) is 5.56 Å². The number of nitrogens with two attached hydrogens (primary N) is 1. The van der Waals surface area contributed by atoms with Crippen LogP contribution < -0.4 is 5.73 Å². The highest BCUT2D eigenvalue weighted by Crippen LogP contribution is 2.13. The molecule has 6 heteroatoms. The van der Waals surface area contributed by atoms with Crippen molar-refractivity contribution in [3.63, 3.8) is 0 Å². The van der Waals surface area contributed by atoms with E-state index in [0.29, 0.717) is 6.54 Å². The van der Waals surface area contributed by atoms with E-state index in [2.05, 4.69) is 9.72 Å². The number of aromatic nitrogens is 2. The largest absolute Gasteiger partial charge is 0.472 e. The highest BCUT2D eigenvalue weighted by Gasteiger charge is 2.16. The smallest absolute Gasteiger partial charge is 0.360 e. The Morgan fingerprint density at radius 3 is 3.12 bits per heavy atom. The number of furan rings is 1. The van der Waals surface area contributed by atoms with Crippen LogP contribution in [0.2, 0.25) is 0 Å². The van der Waals surface area contributed by atoms with Crippen molar-refractivity contribution in [2.24, 2.45) is 0 Å². The first kappa shape index (κ1) is 10.3. The highest BCUT2D eigenvalue weighted by molar-refractivity contribution is 5.92. The zero-order valence-electron chi connectivity index (χ0n) is 8.71. The van der Waals surface area contributed by atoms with Crippen molar-refractivity contribution in [1.82, 2.24) is 9.55 Å². The van der Waals surface area contributed by atoms with Crippen LogP contribution in [0.15, 0.2) is 29.3 Å². The molecule has 2 aromatic rings. The Hall–Kier alpha value is -2.24. The van der Waals surface area contributed by atoms with Crippen molar-refractivity contribution in [3.8, 4) is 0 Å². The number of hydrogen-bond acceptors (Lipinski definition) is 5. The Bertz CT molecular complexity index is 487. The minimum atomic E-state index is -0.538. The number of nitrogens with zero attached hydrogens (tertiary/aromatic N) is 2. The van der Waals surface area contributed by atoms with Crippen molar-refractivity contribution in [2.45, 2.75) is 6.54 Å². The number of anilines is 1. The fourth-order valence-electron chi connectivity index (χ4n) is 1.35. The minimum absolute atomic E-state index is 0.131. The third kappa shape index (κ3) is 1.77. The van der Waals surface area contributed by atoms with E-state index in [0.717, 1.165) is 5.56 Å². The predicted molar refractivity (Wildman–Crippen MR) is 55.8 cm³/mol. The third-order valence-corrected chi connectivity index (χ3v) is 2.19. The summed E-state index contributed by atoms with van der Waals surface area (Å²) in [6, 6.07) is 1.82. The first-order valence-electron chi connectivity index (χ1n) is 4.62. The summed E-state index contributed by atoms with van der Waals surface area (Å²) >= 11 is 0. The number of carbonyl (C=O) groups excluding carboxylic acids is 1. The SMILES string of the molecule is COC(=O)c1ncn(Cc2ccoc2)c1N.